The molecule has 0 aliphatic heterocycles. The molecule has 0 aliphatic carbocycles. The van der Waals surface area contributed by atoms with Crippen molar-refractivity contribution >= 4 is 17.4 Å². The van der Waals surface area contributed by atoms with Gasteiger partial charge in [-0.05, 0) is 44.0 Å². The topological polar surface area (TPSA) is 26.3 Å². The van der Waals surface area contributed by atoms with Gasteiger partial charge in [0, 0.05) is 5.56 Å². The zero-order valence-electron chi connectivity index (χ0n) is 9.76. The van der Waals surface area contributed by atoms with Gasteiger partial charge in [-0.25, -0.2) is 0 Å². The minimum Gasteiger partial charge on any atom is -0.492 e. The van der Waals surface area contributed by atoms with Gasteiger partial charge in [-0.3, -0.25) is 4.79 Å². The van der Waals surface area contributed by atoms with Gasteiger partial charge in [0.15, 0.2) is 5.78 Å². The highest BCUT2D eigenvalue weighted by Crippen LogP contribution is 2.29. The van der Waals surface area contributed by atoms with Gasteiger partial charge in [-0.15, -0.1) is 0 Å². The van der Waals surface area contributed by atoms with E-state index in [-0.39, 0.29) is 5.78 Å². The van der Waals surface area contributed by atoms with E-state index in [2.05, 4.69) is 6.58 Å². The van der Waals surface area contributed by atoms with Gasteiger partial charge >= 0.3 is 0 Å². The van der Waals surface area contributed by atoms with Crippen molar-refractivity contribution in [3.05, 3.63) is 40.4 Å². The molecule has 1 aromatic rings. The number of hydrogen-bond acceptors (Lipinski definition) is 2. The SMILES string of the molecule is C=C(C)C(=O)c1cc(Cl)c(OCC)cc1C. The number of ketones is 1. The Morgan fingerprint density at radius 1 is 1.50 bits per heavy atom. The van der Waals surface area contributed by atoms with Crippen molar-refractivity contribution in [3.63, 3.8) is 0 Å². The molecule has 16 heavy (non-hydrogen) atoms. The van der Waals surface area contributed by atoms with Gasteiger partial charge in [-0.1, -0.05) is 18.2 Å². The molecule has 2 nitrogen and oxygen atoms in total. The Morgan fingerprint density at radius 3 is 2.62 bits per heavy atom. The molecule has 0 heterocycles. The normalized spacial score (nSPS) is 10.0. The number of rotatable bonds is 4. The Kier molecular flexibility index (Phi) is 4.13. The monoisotopic (exact) mass is 238 g/mol. The van der Waals surface area contributed by atoms with Crippen LogP contribution in [0.1, 0.15) is 29.8 Å². The molecule has 0 fully saturated rings. The quantitative estimate of drug-likeness (QED) is 0.589. The van der Waals surface area contributed by atoms with Crippen LogP contribution in [0.15, 0.2) is 24.3 Å². The summed E-state index contributed by atoms with van der Waals surface area (Å²) in [7, 11) is 0. The standard InChI is InChI=1S/C13H15ClO2/c1-5-16-12-6-9(4)10(7-11(12)14)13(15)8(2)3/h6-7H,2,5H2,1,3-4H3. The highest BCUT2D eigenvalue weighted by atomic mass is 35.5. The van der Waals surface area contributed by atoms with Gasteiger partial charge < -0.3 is 4.74 Å². The molecule has 0 N–H and O–H groups in total. The van der Waals surface area contributed by atoms with E-state index in [9.17, 15) is 4.79 Å². The number of carbonyl (C=O) groups is 1. The molecule has 0 unspecified atom stereocenters. The Balaban J connectivity index is 3.20. The Labute approximate surface area is 101 Å². The third kappa shape index (κ3) is 2.64. The number of allylic oxidation sites excluding steroid dienone is 1. The smallest absolute Gasteiger partial charge is 0.188 e. The third-order valence-corrected chi connectivity index (χ3v) is 2.51. The van der Waals surface area contributed by atoms with E-state index >= 15 is 0 Å². The first-order chi connectivity index (χ1) is 7.47. The number of benzene rings is 1. The largest absolute Gasteiger partial charge is 0.492 e. The summed E-state index contributed by atoms with van der Waals surface area (Å²) in [6, 6.07) is 3.42. The molecule has 0 atom stereocenters. The lowest BCUT2D eigenvalue weighted by Crippen LogP contribution is -2.03. The van der Waals surface area contributed by atoms with E-state index in [0.717, 1.165) is 5.56 Å². The van der Waals surface area contributed by atoms with Crippen LogP contribution in [0.5, 0.6) is 5.75 Å². The second kappa shape index (κ2) is 5.17. The third-order valence-electron chi connectivity index (χ3n) is 2.21. The minimum atomic E-state index is -0.0811. The number of ether oxygens (including phenoxy) is 1. The summed E-state index contributed by atoms with van der Waals surface area (Å²) in [6.45, 7) is 9.62. The van der Waals surface area contributed by atoms with Crippen LogP contribution < -0.4 is 4.74 Å². The van der Waals surface area contributed by atoms with Crippen LogP contribution in [-0.2, 0) is 0 Å². The molecule has 0 radical (unpaired) electrons. The molecule has 0 aliphatic rings. The predicted molar refractivity (Wildman–Crippen MR) is 66.5 cm³/mol. The van der Waals surface area contributed by atoms with Crippen LogP contribution in [0.3, 0.4) is 0 Å². The van der Waals surface area contributed by atoms with E-state index in [4.69, 9.17) is 16.3 Å². The first-order valence-electron chi connectivity index (χ1n) is 5.10. The van der Waals surface area contributed by atoms with Gasteiger partial charge in [0.25, 0.3) is 0 Å². The summed E-state index contributed by atoms with van der Waals surface area (Å²) in [5.74, 6) is 0.530. The molecule has 0 amide bonds. The van der Waals surface area contributed by atoms with Crippen LogP contribution >= 0.6 is 11.6 Å². The second-order valence-corrected chi connectivity index (χ2v) is 4.05. The van der Waals surface area contributed by atoms with Gasteiger partial charge in [0.2, 0.25) is 0 Å². The summed E-state index contributed by atoms with van der Waals surface area (Å²) in [5.41, 5.74) is 1.94. The summed E-state index contributed by atoms with van der Waals surface area (Å²) >= 11 is 6.02. The van der Waals surface area contributed by atoms with Crippen LogP contribution in [-0.4, -0.2) is 12.4 Å². The van der Waals surface area contributed by atoms with Crippen LogP contribution in [0.2, 0.25) is 5.02 Å². The first kappa shape index (κ1) is 12.8. The molecular weight excluding hydrogens is 224 g/mol. The lowest BCUT2D eigenvalue weighted by atomic mass is 10.0. The first-order valence-corrected chi connectivity index (χ1v) is 5.48. The maximum atomic E-state index is 11.8. The number of Topliss-reactive ketones (excluding diaryl/α,β-unsaturated/α-hetero) is 1. The van der Waals surface area contributed by atoms with E-state index in [0.29, 0.717) is 28.5 Å². The lowest BCUT2D eigenvalue weighted by molar-refractivity contribution is 0.103. The van der Waals surface area contributed by atoms with Crippen LogP contribution in [0, 0.1) is 6.92 Å². The van der Waals surface area contributed by atoms with Crippen molar-refractivity contribution in [2.45, 2.75) is 20.8 Å². The van der Waals surface area contributed by atoms with Gasteiger partial charge in [-0.2, -0.15) is 0 Å². The summed E-state index contributed by atoms with van der Waals surface area (Å²) in [6.07, 6.45) is 0. The van der Waals surface area contributed by atoms with Crippen LogP contribution in [0.25, 0.3) is 0 Å². The highest BCUT2D eigenvalue weighted by molar-refractivity contribution is 6.32. The van der Waals surface area contributed by atoms with Crippen molar-refractivity contribution in [2.75, 3.05) is 6.61 Å². The summed E-state index contributed by atoms with van der Waals surface area (Å²) in [4.78, 5) is 11.8. The van der Waals surface area contributed by atoms with Gasteiger partial charge in [0.05, 0.1) is 11.6 Å². The lowest BCUT2D eigenvalue weighted by Gasteiger charge is -2.10. The zero-order valence-corrected chi connectivity index (χ0v) is 10.5. The van der Waals surface area contributed by atoms with E-state index in [1.54, 1.807) is 19.1 Å². The molecule has 0 saturated heterocycles. The molecular formula is C13H15ClO2. The molecule has 0 spiro atoms. The minimum absolute atomic E-state index is 0.0811. The number of carbonyl (C=O) groups excluding carboxylic acids is 1. The molecule has 0 bridgehead atoms. The fourth-order valence-electron chi connectivity index (χ4n) is 1.40. The fourth-order valence-corrected chi connectivity index (χ4v) is 1.61. The second-order valence-electron chi connectivity index (χ2n) is 3.64. The molecule has 1 aromatic carbocycles. The van der Waals surface area contributed by atoms with E-state index in [1.165, 1.54) is 0 Å². The Bertz CT molecular complexity index is 436. The molecule has 0 saturated carbocycles. The van der Waals surface area contributed by atoms with E-state index < -0.39 is 0 Å². The highest BCUT2D eigenvalue weighted by Gasteiger charge is 2.13. The van der Waals surface area contributed by atoms with Crippen LogP contribution in [0.4, 0.5) is 0 Å². The fraction of sp³-hybridized carbons (Fsp3) is 0.308. The zero-order chi connectivity index (χ0) is 12.3. The average molecular weight is 239 g/mol. The summed E-state index contributed by atoms with van der Waals surface area (Å²) < 4.78 is 5.35. The number of aryl methyl sites for hydroxylation is 1. The Morgan fingerprint density at radius 2 is 2.12 bits per heavy atom. The predicted octanol–water partition coefficient (Wildman–Crippen LogP) is 3.81. The number of halogens is 1. The molecule has 86 valence electrons. The number of hydrogen-bond donors (Lipinski definition) is 0. The molecule has 1 rings (SSSR count). The maximum absolute atomic E-state index is 11.8. The molecule has 3 heteroatoms. The van der Waals surface area contributed by atoms with Crippen molar-refractivity contribution < 1.29 is 9.53 Å². The maximum Gasteiger partial charge on any atom is 0.188 e. The van der Waals surface area contributed by atoms with Crippen molar-refractivity contribution in [1.82, 2.24) is 0 Å². The molecule has 0 aromatic heterocycles. The van der Waals surface area contributed by atoms with E-state index in [1.807, 2.05) is 13.8 Å². The van der Waals surface area contributed by atoms with Crippen molar-refractivity contribution in [3.8, 4) is 5.75 Å². The van der Waals surface area contributed by atoms with Crippen molar-refractivity contribution in [1.29, 1.82) is 0 Å². The average Bonchev–Trinajstić information content (AvgIpc) is 2.22. The Hall–Kier alpha value is -1.28. The summed E-state index contributed by atoms with van der Waals surface area (Å²) in [5, 5.41) is 0.456. The van der Waals surface area contributed by atoms with Gasteiger partial charge in [0.1, 0.15) is 5.75 Å². The van der Waals surface area contributed by atoms with Crippen molar-refractivity contribution in [2.24, 2.45) is 0 Å².